The van der Waals surface area contributed by atoms with Crippen LogP contribution in [-0.4, -0.2) is 18.7 Å². The van der Waals surface area contributed by atoms with Gasteiger partial charge in [0.05, 0.1) is 5.84 Å². The Bertz CT molecular complexity index is 94.6. The zero-order valence-electron chi connectivity index (χ0n) is 4.92. The second-order valence-electron chi connectivity index (χ2n) is 1.48. The van der Waals surface area contributed by atoms with Crippen LogP contribution in [0.2, 0.25) is 0 Å². The van der Waals surface area contributed by atoms with Crippen molar-refractivity contribution >= 4 is 12.1 Å². The summed E-state index contributed by atoms with van der Waals surface area (Å²) in [5.74, 6) is 0.534. The lowest BCUT2D eigenvalue weighted by atomic mass is 10.5. The van der Waals surface area contributed by atoms with Crippen molar-refractivity contribution in [1.29, 1.82) is 0 Å². The minimum atomic E-state index is 0.467. The molecule has 0 aliphatic heterocycles. The summed E-state index contributed by atoms with van der Waals surface area (Å²) in [6.07, 6.45) is 1.29. The molecule has 0 rings (SSSR count). The summed E-state index contributed by atoms with van der Waals surface area (Å²) >= 11 is 0. The predicted molar refractivity (Wildman–Crippen MR) is 32.8 cm³/mol. The highest BCUT2D eigenvalue weighted by atomic mass is 16.1. The molecule has 3 heteroatoms. The van der Waals surface area contributed by atoms with Crippen molar-refractivity contribution in [1.82, 2.24) is 0 Å². The van der Waals surface area contributed by atoms with Gasteiger partial charge in [-0.2, -0.15) is 0 Å². The highest BCUT2D eigenvalue weighted by molar-refractivity contribution is 5.77. The van der Waals surface area contributed by atoms with Crippen molar-refractivity contribution in [2.75, 3.05) is 6.54 Å². The quantitative estimate of drug-likeness (QED) is 0.242. The maximum atomic E-state index is 9.68. The van der Waals surface area contributed by atoms with Crippen LogP contribution in [0.25, 0.3) is 0 Å². The molecule has 0 aromatic rings. The number of hydrogen-bond donors (Lipinski definition) is 1. The van der Waals surface area contributed by atoms with Gasteiger partial charge >= 0.3 is 0 Å². The van der Waals surface area contributed by atoms with E-state index < -0.39 is 0 Å². The SMILES string of the molecule is CC(N)=NCCC=O. The second kappa shape index (κ2) is 4.30. The first-order valence-corrected chi connectivity index (χ1v) is 2.47. The molecule has 0 fully saturated rings. The molecule has 0 amide bonds. The molecule has 0 bridgehead atoms. The third-order valence-electron chi connectivity index (χ3n) is 0.608. The number of nitrogens with two attached hydrogens (primary N) is 1. The van der Waals surface area contributed by atoms with Crippen molar-refractivity contribution in [2.24, 2.45) is 10.7 Å². The van der Waals surface area contributed by atoms with Crippen molar-refractivity contribution < 1.29 is 4.79 Å². The molecule has 0 unspecified atom stereocenters. The van der Waals surface area contributed by atoms with Gasteiger partial charge in [0, 0.05) is 13.0 Å². The van der Waals surface area contributed by atoms with Crippen molar-refractivity contribution in [2.45, 2.75) is 13.3 Å². The molecule has 0 saturated heterocycles. The van der Waals surface area contributed by atoms with Crippen LogP contribution < -0.4 is 5.73 Å². The number of nitrogens with zero attached hydrogens (tertiary/aromatic N) is 1. The van der Waals surface area contributed by atoms with Gasteiger partial charge in [0.15, 0.2) is 0 Å². The zero-order chi connectivity index (χ0) is 6.41. The van der Waals surface area contributed by atoms with E-state index in [0.717, 1.165) is 6.29 Å². The monoisotopic (exact) mass is 114 g/mol. The summed E-state index contributed by atoms with van der Waals surface area (Å²) in [5, 5.41) is 0. The van der Waals surface area contributed by atoms with E-state index in [9.17, 15) is 4.79 Å². The zero-order valence-corrected chi connectivity index (χ0v) is 4.92. The average Bonchev–Trinajstić information content (AvgIpc) is 1.66. The molecule has 2 N–H and O–H groups in total. The van der Waals surface area contributed by atoms with Crippen molar-refractivity contribution in [3.63, 3.8) is 0 Å². The van der Waals surface area contributed by atoms with Gasteiger partial charge in [-0.3, -0.25) is 4.99 Å². The Labute approximate surface area is 48.6 Å². The van der Waals surface area contributed by atoms with Gasteiger partial charge in [-0.1, -0.05) is 0 Å². The molecule has 0 aromatic carbocycles. The van der Waals surface area contributed by atoms with E-state index >= 15 is 0 Å². The van der Waals surface area contributed by atoms with Crippen LogP contribution >= 0.6 is 0 Å². The topological polar surface area (TPSA) is 55.4 Å². The van der Waals surface area contributed by atoms with Crippen LogP contribution in [0.4, 0.5) is 0 Å². The van der Waals surface area contributed by atoms with Gasteiger partial charge in [-0.15, -0.1) is 0 Å². The number of aldehydes is 1. The van der Waals surface area contributed by atoms with Gasteiger partial charge in [-0.25, -0.2) is 0 Å². The molecule has 46 valence electrons. The number of aliphatic imine (C=N–C) groups is 1. The fraction of sp³-hybridized carbons (Fsp3) is 0.600. The summed E-state index contributed by atoms with van der Waals surface area (Å²) in [7, 11) is 0. The molecule has 0 radical (unpaired) electrons. The largest absolute Gasteiger partial charge is 0.388 e. The summed E-state index contributed by atoms with van der Waals surface area (Å²) in [6, 6.07) is 0. The normalized spacial score (nSPS) is 11.4. The number of amidine groups is 1. The smallest absolute Gasteiger partial charge is 0.121 e. The lowest BCUT2D eigenvalue weighted by Crippen LogP contribution is -2.05. The minimum Gasteiger partial charge on any atom is -0.388 e. The van der Waals surface area contributed by atoms with Gasteiger partial charge in [0.25, 0.3) is 0 Å². The molecule has 8 heavy (non-hydrogen) atoms. The van der Waals surface area contributed by atoms with Gasteiger partial charge in [0.1, 0.15) is 6.29 Å². The molecular weight excluding hydrogens is 104 g/mol. The third kappa shape index (κ3) is 5.14. The third-order valence-corrected chi connectivity index (χ3v) is 0.608. The highest BCUT2D eigenvalue weighted by Crippen LogP contribution is 1.73. The Kier molecular flexibility index (Phi) is 3.84. The van der Waals surface area contributed by atoms with E-state index in [1.807, 2.05) is 0 Å². The maximum Gasteiger partial charge on any atom is 0.121 e. The van der Waals surface area contributed by atoms with Gasteiger partial charge in [0.2, 0.25) is 0 Å². The average molecular weight is 114 g/mol. The van der Waals surface area contributed by atoms with E-state index in [1.165, 1.54) is 0 Å². The molecular formula is C5H10N2O. The van der Waals surface area contributed by atoms with Crippen LogP contribution in [0.1, 0.15) is 13.3 Å². The molecule has 0 spiro atoms. The molecule has 0 aliphatic rings. The van der Waals surface area contributed by atoms with Crippen LogP contribution in [0.15, 0.2) is 4.99 Å². The Morgan fingerprint density at radius 3 is 2.88 bits per heavy atom. The number of carbonyl (C=O) groups is 1. The van der Waals surface area contributed by atoms with E-state index in [2.05, 4.69) is 4.99 Å². The van der Waals surface area contributed by atoms with Crippen LogP contribution in [0, 0.1) is 0 Å². The minimum absolute atomic E-state index is 0.467. The Hall–Kier alpha value is -0.860. The fourth-order valence-corrected chi connectivity index (χ4v) is 0.294. The first-order valence-electron chi connectivity index (χ1n) is 2.47. The molecule has 0 atom stereocenters. The van der Waals surface area contributed by atoms with E-state index in [0.29, 0.717) is 18.8 Å². The van der Waals surface area contributed by atoms with Gasteiger partial charge in [-0.05, 0) is 6.92 Å². The van der Waals surface area contributed by atoms with Gasteiger partial charge < -0.3 is 10.5 Å². The molecule has 3 nitrogen and oxygen atoms in total. The first kappa shape index (κ1) is 7.14. The van der Waals surface area contributed by atoms with Crippen molar-refractivity contribution in [3.8, 4) is 0 Å². The number of hydrogen-bond acceptors (Lipinski definition) is 2. The lowest BCUT2D eigenvalue weighted by Gasteiger charge is -1.86. The Morgan fingerprint density at radius 1 is 1.88 bits per heavy atom. The molecule has 0 heterocycles. The molecule has 0 aliphatic carbocycles. The lowest BCUT2D eigenvalue weighted by molar-refractivity contribution is -0.107. The van der Waals surface area contributed by atoms with Crippen molar-refractivity contribution in [3.05, 3.63) is 0 Å². The maximum absolute atomic E-state index is 9.68. The van der Waals surface area contributed by atoms with E-state index in [4.69, 9.17) is 5.73 Å². The Balaban J connectivity index is 3.15. The van der Waals surface area contributed by atoms with E-state index in [1.54, 1.807) is 6.92 Å². The van der Waals surface area contributed by atoms with E-state index in [-0.39, 0.29) is 0 Å². The molecule has 0 aromatic heterocycles. The Morgan fingerprint density at radius 2 is 2.50 bits per heavy atom. The number of rotatable bonds is 3. The predicted octanol–water partition coefficient (Wildman–Crippen LogP) is -0.0475. The second-order valence-corrected chi connectivity index (χ2v) is 1.48. The van der Waals surface area contributed by atoms with Crippen LogP contribution in [-0.2, 0) is 4.79 Å². The first-order chi connectivity index (χ1) is 3.77. The summed E-state index contributed by atoms with van der Waals surface area (Å²) < 4.78 is 0. The summed E-state index contributed by atoms with van der Waals surface area (Å²) in [5.41, 5.74) is 5.17. The highest BCUT2D eigenvalue weighted by Gasteiger charge is 1.78. The summed E-state index contributed by atoms with van der Waals surface area (Å²) in [6.45, 7) is 2.22. The fourth-order valence-electron chi connectivity index (χ4n) is 0.294. The molecule has 0 saturated carbocycles. The standard InChI is InChI=1S/C5H10N2O/c1-5(6)7-3-2-4-8/h4H,2-3H2,1H3,(H2,6,7). The van der Waals surface area contributed by atoms with Crippen LogP contribution in [0.3, 0.4) is 0 Å². The summed E-state index contributed by atoms with van der Waals surface area (Å²) in [4.78, 5) is 13.5. The van der Waals surface area contributed by atoms with Crippen LogP contribution in [0.5, 0.6) is 0 Å². The number of carbonyl (C=O) groups excluding carboxylic acids is 1.